The average molecular weight is 225 g/mol. The van der Waals surface area contributed by atoms with Gasteiger partial charge in [0.1, 0.15) is 0 Å². The highest BCUT2D eigenvalue weighted by atomic mass is 16.7. The molecule has 0 spiro atoms. The van der Waals surface area contributed by atoms with E-state index >= 15 is 0 Å². The SMILES string of the molecule is [2H]c1nc(B2OC(C)(C)C(C)(C)O2)c([2H])c([2H])c1C([2H])([2H])[2H]. The summed E-state index contributed by atoms with van der Waals surface area (Å²) < 4.78 is 57.3. The predicted octanol–water partition coefficient (Wildman–Crippen LogP) is 1.69. The van der Waals surface area contributed by atoms with Gasteiger partial charge >= 0.3 is 7.12 Å². The van der Waals surface area contributed by atoms with Crippen LogP contribution in [0.4, 0.5) is 0 Å². The smallest absolute Gasteiger partial charge is 0.398 e. The van der Waals surface area contributed by atoms with Gasteiger partial charge in [-0.25, -0.2) is 0 Å². The van der Waals surface area contributed by atoms with Crippen LogP contribution < -0.4 is 5.59 Å². The molecule has 0 saturated carbocycles. The predicted molar refractivity (Wildman–Crippen MR) is 64.7 cm³/mol. The van der Waals surface area contributed by atoms with Gasteiger partial charge in [-0.15, -0.1) is 0 Å². The van der Waals surface area contributed by atoms with E-state index in [4.69, 9.17) is 17.5 Å². The van der Waals surface area contributed by atoms with E-state index in [1.165, 1.54) is 0 Å². The topological polar surface area (TPSA) is 31.4 Å². The van der Waals surface area contributed by atoms with E-state index in [-0.39, 0.29) is 11.6 Å². The van der Waals surface area contributed by atoms with Crippen molar-refractivity contribution < 1.29 is 17.5 Å². The summed E-state index contributed by atoms with van der Waals surface area (Å²) in [4.78, 5) is 3.86. The fraction of sp³-hybridized carbons (Fsp3) is 0.583. The maximum absolute atomic E-state index is 7.99. The minimum absolute atomic E-state index is 0.0401. The lowest BCUT2D eigenvalue weighted by Crippen LogP contribution is -2.41. The Kier molecular flexibility index (Phi) is 1.38. The van der Waals surface area contributed by atoms with Crippen molar-refractivity contribution in [3.8, 4) is 0 Å². The molecular weight excluding hydrogens is 201 g/mol. The van der Waals surface area contributed by atoms with Crippen molar-refractivity contribution in [2.75, 3.05) is 0 Å². The van der Waals surface area contributed by atoms with Crippen molar-refractivity contribution in [3.05, 3.63) is 23.8 Å². The molecule has 0 radical (unpaired) electrons. The lowest BCUT2D eigenvalue weighted by Gasteiger charge is -2.32. The maximum Gasteiger partial charge on any atom is 0.514 e. The van der Waals surface area contributed by atoms with Crippen molar-refractivity contribution in [3.63, 3.8) is 0 Å². The molecule has 1 saturated heterocycles. The van der Waals surface area contributed by atoms with Crippen molar-refractivity contribution >= 4 is 12.7 Å². The van der Waals surface area contributed by atoms with E-state index in [1.807, 2.05) is 27.7 Å². The lowest BCUT2D eigenvalue weighted by molar-refractivity contribution is 0.00578. The quantitative estimate of drug-likeness (QED) is 0.681. The Balaban J connectivity index is 2.52. The molecule has 1 aromatic heterocycles. The zero-order valence-electron chi connectivity index (χ0n) is 15.8. The Bertz CT molecular complexity index is 601. The normalized spacial score (nSPS) is 28.6. The molecular formula is C12H18BNO2. The van der Waals surface area contributed by atoms with Crippen LogP contribution in [0.25, 0.3) is 0 Å². The molecule has 0 bridgehead atoms. The third-order valence-corrected chi connectivity index (χ3v) is 3.08. The second kappa shape index (κ2) is 3.57. The van der Waals surface area contributed by atoms with Crippen LogP contribution in [0, 0.1) is 6.85 Å². The zero-order valence-corrected chi connectivity index (χ0v) is 9.84. The number of aromatic nitrogens is 1. The van der Waals surface area contributed by atoms with Crippen LogP contribution >= 0.6 is 0 Å². The zero-order chi connectivity index (χ0) is 17.1. The molecule has 3 nitrogen and oxygen atoms in total. The molecule has 2 heterocycles. The van der Waals surface area contributed by atoms with E-state index in [2.05, 4.69) is 4.98 Å². The van der Waals surface area contributed by atoms with Crippen molar-refractivity contribution in [1.82, 2.24) is 4.98 Å². The van der Waals surface area contributed by atoms with Crippen molar-refractivity contribution in [2.24, 2.45) is 0 Å². The average Bonchev–Trinajstić information content (AvgIpc) is 2.51. The number of hydrogen-bond acceptors (Lipinski definition) is 3. The minimum atomic E-state index is -2.66. The van der Waals surface area contributed by atoms with Crippen molar-refractivity contribution in [2.45, 2.75) is 45.7 Å². The van der Waals surface area contributed by atoms with Gasteiger partial charge in [-0.05, 0) is 46.2 Å². The molecule has 0 amide bonds. The van der Waals surface area contributed by atoms with Crippen LogP contribution in [0.15, 0.2) is 18.3 Å². The summed E-state index contributed by atoms with van der Waals surface area (Å²) in [5.41, 5.74) is -1.88. The van der Waals surface area contributed by atoms with Gasteiger partial charge < -0.3 is 9.31 Å². The fourth-order valence-corrected chi connectivity index (χ4v) is 1.36. The molecule has 0 unspecified atom stereocenters. The first-order valence-electron chi connectivity index (χ1n) is 8.12. The van der Waals surface area contributed by atoms with Crippen LogP contribution in [-0.2, 0) is 9.31 Å². The molecule has 1 aliphatic heterocycles. The monoisotopic (exact) mass is 225 g/mol. The van der Waals surface area contributed by atoms with E-state index in [9.17, 15) is 0 Å². The van der Waals surface area contributed by atoms with Crippen molar-refractivity contribution in [1.29, 1.82) is 0 Å². The van der Waals surface area contributed by atoms with Crippen LogP contribution in [0.3, 0.4) is 0 Å². The largest absolute Gasteiger partial charge is 0.514 e. The Morgan fingerprint density at radius 2 is 1.88 bits per heavy atom. The van der Waals surface area contributed by atoms with E-state index in [1.54, 1.807) is 0 Å². The standard InChI is InChI=1S/C12H18BNO2/c1-9-6-7-10(14-8-9)13-15-11(2,3)12(4,5)16-13/h6-8H,1-5H3/i1D3,6D,7D,8D. The lowest BCUT2D eigenvalue weighted by atomic mass is 9.84. The third kappa shape index (κ3) is 1.87. The first-order valence-corrected chi connectivity index (χ1v) is 5.12. The second-order valence-electron chi connectivity index (χ2n) is 4.82. The van der Waals surface area contributed by atoms with Crippen LogP contribution in [0.2, 0.25) is 0 Å². The first-order chi connectivity index (χ1) is 9.78. The minimum Gasteiger partial charge on any atom is -0.398 e. The Hall–Kier alpha value is -0.865. The summed E-state index contributed by atoms with van der Waals surface area (Å²) in [6.07, 6.45) is -0.550. The molecule has 0 N–H and O–H groups in total. The van der Waals surface area contributed by atoms with E-state index in [0.717, 1.165) is 0 Å². The van der Waals surface area contributed by atoms with Gasteiger partial charge in [0.25, 0.3) is 0 Å². The molecule has 0 aromatic carbocycles. The molecule has 16 heavy (non-hydrogen) atoms. The summed E-state index contributed by atoms with van der Waals surface area (Å²) in [5, 5.41) is 0. The maximum atomic E-state index is 7.99. The number of hydrogen-bond donors (Lipinski definition) is 0. The van der Waals surface area contributed by atoms with Gasteiger partial charge in [-0.2, -0.15) is 0 Å². The first kappa shape index (κ1) is 6.17. The summed E-state index contributed by atoms with van der Waals surface area (Å²) in [6, 6.07) is -0.926. The summed E-state index contributed by atoms with van der Waals surface area (Å²) in [5.74, 6) is 0. The molecule has 86 valence electrons. The van der Waals surface area contributed by atoms with Gasteiger partial charge in [0, 0.05) is 10.3 Å². The Labute approximate surface area is 106 Å². The molecule has 1 fully saturated rings. The summed E-state index contributed by atoms with van der Waals surface area (Å²) in [7, 11) is -1.00. The second-order valence-corrected chi connectivity index (χ2v) is 4.82. The van der Waals surface area contributed by atoms with E-state index < -0.39 is 43.0 Å². The van der Waals surface area contributed by atoms with E-state index in [0.29, 0.717) is 0 Å². The highest BCUT2D eigenvalue weighted by Crippen LogP contribution is 2.36. The third-order valence-electron chi connectivity index (χ3n) is 3.08. The molecule has 0 atom stereocenters. The number of rotatable bonds is 1. The highest BCUT2D eigenvalue weighted by Gasteiger charge is 2.52. The summed E-state index contributed by atoms with van der Waals surface area (Å²) >= 11 is 0. The molecule has 4 heteroatoms. The molecule has 0 aliphatic carbocycles. The van der Waals surface area contributed by atoms with Crippen LogP contribution in [0.5, 0.6) is 0 Å². The number of nitrogens with zero attached hydrogens (tertiary/aromatic N) is 1. The van der Waals surface area contributed by atoms with Gasteiger partial charge in [0.15, 0.2) is 0 Å². The van der Waals surface area contributed by atoms with Gasteiger partial charge in [-0.3, -0.25) is 4.98 Å². The number of pyridine rings is 1. The highest BCUT2D eigenvalue weighted by molar-refractivity contribution is 6.61. The molecule has 2 rings (SSSR count). The van der Waals surface area contributed by atoms with Crippen LogP contribution in [0.1, 0.15) is 41.5 Å². The van der Waals surface area contributed by atoms with Gasteiger partial charge in [0.05, 0.1) is 20.9 Å². The molecule has 1 aliphatic rings. The Morgan fingerprint density at radius 3 is 2.44 bits per heavy atom. The summed E-state index contributed by atoms with van der Waals surface area (Å²) in [6.45, 7) is 4.66. The molecule has 1 aromatic rings. The Morgan fingerprint density at radius 1 is 1.25 bits per heavy atom. The van der Waals surface area contributed by atoms with Gasteiger partial charge in [-0.1, -0.05) is 6.04 Å². The van der Waals surface area contributed by atoms with Crippen LogP contribution in [-0.4, -0.2) is 23.3 Å². The fourth-order valence-electron chi connectivity index (χ4n) is 1.36. The van der Waals surface area contributed by atoms with Gasteiger partial charge in [0.2, 0.25) is 0 Å².